The zero-order chi connectivity index (χ0) is 8.67. The topological polar surface area (TPSA) is 38.9 Å². The van der Waals surface area contributed by atoms with Gasteiger partial charge in [-0.25, -0.2) is 0 Å². The van der Waals surface area contributed by atoms with Gasteiger partial charge in [-0.05, 0) is 22.9 Å². The molecule has 0 aliphatic carbocycles. The third-order valence-electron chi connectivity index (χ3n) is 2.12. The molecule has 3 aromatic rings. The predicted molar refractivity (Wildman–Crippen MR) is 49.3 cm³/mol. The zero-order valence-electron chi connectivity index (χ0n) is 6.77. The van der Waals surface area contributed by atoms with E-state index in [1.54, 1.807) is 0 Å². The fourth-order valence-corrected chi connectivity index (χ4v) is 1.47. The zero-order valence-corrected chi connectivity index (χ0v) is 6.77. The van der Waals surface area contributed by atoms with Crippen LogP contribution >= 0.6 is 0 Å². The van der Waals surface area contributed by atoms with Crippen molar-refractivity contribution in [3.63, 3.8) is 0 Å². The molecule has 3 rings (SSSR count). The van der Waals surface area contributed by atoms with Gasteiger partial charge in [0.25, 0.3) is 0 Å². The average Bonchev–Trinajstić information content (AvgIpc) is 2.61. The lowest BCUT2D eigenvalue weighted by molar-refractivity contribution is 0.424. The number of benzene rings is 2. The molecular weight excluding hydrogens is 165 g/mol. The van der Waals surface area contributed by atoms with E-state index in [-0.39, 0.29) is 0 Å². The van der Waals surface area contributed by atoms with Gasteiger partial charge in [0.05, 0.1) is 0 Å². The van der Waals surface area contributed by atoms with Crippen molar-refractivity contribution in [3.05, 3.63) is 36.4 Å². The molecule has 2 aromatic carbocycles. The summed E-state index contributed by atoms with van der Waals surface area (Å²) in [6.07, 6.45) is 0. The summed E-state index contributed by atoms with van der Waals surface area (Å²) in [5.74, 6) is 0. The maximum absolute atomic E-state index is 4.96. The van der Waals surface area contributed by atoms with Crippen molar-refractivity contribution in [1.29, 1.82) is 0 Å². The second-order valence-electron chi connectivity index (χ2n) is 2.94. The highest BCUT2D eigenvalue weighted by molar-refractivity contribution is 5.93. The summed E-state index contributed by atoms with van der Waals surface area (Å²) in [4.78, 5) is 0. The Morgan fingerprint density at radius 3 is 2.62 bits per heavy atom. The first-order valence-corrected chi connectivity index (χ1v) is 4.04. The van der Waals surface area contributed by atoms with Gasteiger partial charge in [-0.3, -0.25) is 0 Å². The minimum Gasteiger partial charge on any atom is -0.337 e. The number of rotatable bonds is 0. The van der Waals surface area contributed by atoms with E-state index in [0.717, 1.165) is 21.9 Å². The molecule has 1 heterocycles. The van der Waals surface area contributed by atoms with Crippen molar-refractivity contribution < 1.29 is 4.52 Å². The van der Waals surface area contributed by atoms with Gasteiger partial charge in [-0.15, -0.1) is 5.10 Å². The molecule has 0 radical (unpaired) electrons. The molecule has 0 spiro atoms. The Kier molecular flexibility index (Phi) is 1.16. The van der Waals surface area contributed by atoms with Crippen LogP contribution in [0.4, 0.5) is 0 Å². The summed E-state index contributed by atoms with van der Waals surface area (Å²) in [5, 5.41) is 9.66. The monoisotopic (exact) mass is 171 g/mol. The Morgan fingerprint density at radius 1 is 1.00 bits per heavy atom. The number of hydrogen-bond donors (Lipinski definition) is 0. The number of fused-ring (bicyclic) bond motifs is 2. The van der Waals surface area contributed by atoms with E-state index in [1.807, 2.05) is 36.4 Å². The Morgan fingerprint density at radius 2 is 1.77 bits per heavy atom. The lowest BCUT2D eigenvalue weighted by atomic mass is 10.2. The Balaban J connectivity index is 2.57. The third-order valence-corrected chi connectivity index (χ3v) is 2.12. The van der Waals surface area contributed by atoms with Crippen LogP contribution in [0.1, 0.15) is 0 Å². The molecule has 62 valence electrons. The maximum Gasteiger partial charge on any atom is 0.188 e. The van der Waals surface area contributed by atoms with Crippen LogP contribution in [-0.2, 0) is 0 Å². The first-order valence-electron chi connectivity index (χ1n) is 4.04. The summed E-state index contributed by atoms with van der Waals surface area (Å²) >= 11 is 0. The molecule has 3 heteroatoms. The van der Waals surface area contributed by atoms with Crippen molar-refractivity contribution in [3.8, 4) is 0 Å². The second-order valence-corrected chi connectivity index (χ2v) is 2.94. The van der Waals surface area contributed by atoms with Crippen molar-refractivity contribution in [2.75, 3.05) is 0 Å². The van der Waals surface area contributed by atoms with Crippen molar-refractivity contribution >= 4 is 21.9 Å². The highest BCUT2D eigenvalue weighted by atomic mass is 16.5. The van der Waals surface area contributed by atoms with Crippen LogP contribution in [0.15, 0.2) is 40.9 Å². The molecule has 13 heavy (non-hydrogen) atoms. The van der Waals surface area contributed by atoms with Gasteiger partial charge in [0.15, 0.2) is 5.58 Å². The lowest BCUT2D eigenvalue weighted by Gasteiger charge is -1.93. The van der Waals surface area contributed by atoms with Gasteiger partial charge in [-0.2, -0.15) is 0 Å². The Hall–Kier alpha value is -1.90. The lowest BCUT2D eigenvalue weighted by Crippen LogP contribution is -1.72. The highest BCUT2D eigenvalue weighted by Gasteiger charge is 2.01. The van der Waals surface area contributed by atoms with Crippen LogP contribution in [-0.4, -0.2) is 10.4 Å². The van der Waals surface area contributed by atoms with Gasteiger partial charge in [0.1, 0.15) is 5.52 Å². The van der Waals surface area contributed by atoms with Crippen LogP contribution < -0.4 is 0 Å². The van der Waals surface area contributed by atoms with Gasteiger partial charge >= 0.3 is 0 Å². The predicted octanol–water partition coefficient (Wildman–Crippen LogP) is 2.38. The maximum atomic E-state index is 4.96. The molecule has 1 aromatic heterocycles. The van der Waals surface area contributed by atoms with Gasteiger partial charge in [0.2, 0.25) is 0 Å². The van der Waals surface area contributed by atoms with Crippen LogP contribution in [0.3, 0.4) is 0 Å². The Bertz CT molecular complexity index is 521. The minimum absolute atomic E-state index is 0.735. The standard InChI is InChI=1S/C10H6N2O/c1-2-4-8-6-10-9(11-12-13-10)5-7(8)3-1/h1-6H/i10+1. The van der Waals surface area contributed by atoms with E-state index in [0.29, 0.717) is 0 Å². The summed E-state index contributed by atoms with van der Waals surface area (Å²) in [6, 6.07) is 12.0. The largest absolute Gasteiger partial charge is 0.337 e. The fourth-order valence-electron chi connectivity index (χ4n) is 1.47. The molecule has 3 nitrogen and oxygen atoms in total. The number of aromatic nitrogens is 2. The van der Waals surface area contributed by atoms with E-state index in [9.17, 15) is 0 Å². The molecule has 0 amide bonds. The smallest absolute Gasteiger partial charge is 0.188 e. The van der Waals surface area contributed by atoms with Crippen LogP contribution in [0.2, 0.25) is 0 Å². The molecule has 0 bridgehead atoms. The number of nitrogens with zero attached hydrogens (tertiary/aromatic N) is 2. The normalized spacial score (nSPS) is 11.1. The first kappa shape index (κ1) is 6.60. The van der Waals surface area contributed by atoms with E-state index >= 15 is 0 Å². The summed E-state index contributed by atoms with van der Waals surface area (Å²) < 4.78 is 4.96. The van der Waals surface area contributed by atoms with Crippen molar-refractivity contribution in [2.45, 2.75) is 0 Å². The Labute approximate surface area is 73.9 Å². The van der Waals surface area contributed by atoms with Crippen LogP contribution in [0.5, 0.6) is 0 Å². The summed E-state index contributed by atoms with van der Waals surface area (Å²) in [6.45, 7) is 0. The number of hydrogen-bond acceptors (Lipinski definition) is 3. The second kappa shape index (κ2) is 2.29. The fraction of sp³-hybridized carbons (Fsp3) is 0. The SMILES string of the molecule is c1ccc2c[13c]3onnc3cc2c1. The van der Waals surface area contributed by atoms with Crippen LogP contribution in [0, 0.1) is 0 Å². The molecule has 0 saturated heterocycles. The summed E-state index contributed by atoms with van der Waals surface area (Å²) in [5.41, 5.74) is 1.54. The average molecular weight is 171 g/mol. The molecule has 0 fully saturated rings. The molecule has 0 saturated carbocycles. The van der Waals surface area contributed by atoms with Crippen molar-refractivity contribution in [2.24, 2.45) is 0 Å². The van der Waals surface area contributed by atoms with Gasteiger partial charge < -0.3 is 4.52 Å². The van der Waals surface area contributed by atoms with Gasteiger partial charge in [0, 0.05) is 5.27 Å². The van der Waals surface area contributed by atoms with Crippen LogP contribution in [0.25, 0.3) is 21.9 Å². The molecule has 0 N–H and O–H groups in total. The highest BCUT2D eigenvalue weighted by Crippen LogP contribution is 2.20. The third kappa shape index (κ3) is 0.902. The summed E-state index contributed by atoms with van der Waals surface area (Å²) in [7, 11) is 0. The molecule has 0 aliphatic rings. The first-order chi connectivity index (χ1) is 6.43. The molecule has 0 aliphatic heterocycles. The molecule has 0 atom stereocenters. The minimum atomic E-state index is 0.735. The molecular formula is C10H6N2O. The quantitative estimate of drug-likeness (QED) is 0.521. The molecule has 0 unspecified atom stereocenters. The van der Waals surface area contributed by atoms with E-state index in [4.69, 9.17) is 4.52 Å². The van der Waals surface area contributed by atoms with Crippen molar-refractivity contribution in [1.82, 2.24) is 10.4 Å². The van der Waals surface area contributed by atoms with E-state index in [2.05, 4.69) is 10.4 Å². The van der Waals surface area contributed by atoms with E-state index < -0.39 is 0 Å². The van der Waals surface area contributed by atoms with E-state index in [1.165, 1.54) is 0 Å². The van der Waals surface area contributed by atoms with Gasteiger partial charge in [-0.1, -0.05) is 24.3 Å².